The van der Waals surface area contributed by atoms with Gasteiger partial charge in [-0.25, -0.2) is 0 Å². The molecule has 0 radical (unpaired) electrons. The van der Waals surface area contributed by atoms with Gasteiger partial charge in [-0.3, -0.25) is 9.78 Å². The maximum absolute atomic E-state index is 13.2. The molecule has 4 nitrogen and oxygen atoms in total. The Balaban J connectivity index is 1.46. The molecule has 1 N–H and O–H groups in total. The van der Waals surface area contributed by atoms with Crippen LogP contribution in [0.15, 0.2) is 85.0 Å². The number of carbonyl (C=O) groups excluding carboxylic acids is 1. The average Bonchev–Trinajstić information content (AvgIpc) is 2.88. The van der Waals surface area contributed by atoms with Gasteiger partial charge in [0.05, 0.1) is 5.69 Å². The summed E-state index contributed by atoms with van der Waals surface area (Å²) in [5.41, 5.74) is 8.11. The number of nitrogens with zero attached hydrogens (tertiary/aromatic N) is 2. The number of benzene rings is 1. The Morgan fingerprint density at radius 2 is 2.00 bits per heavy atom. The van der Waals surface area contributed by atoms with E-state index in [0.29, 0.717) is 5.70 Å². The Morgan fingerprint density at radius 3 is 2.79 bits per heavy atom. The molecule has 3 aliphatic rings. The molecule has 0 bridgehead atoms. The molecule has 1 aliphatic carbocycles. The molecule has 0 atom stereocenters. The number of hydrogen-bond acceptors (Lipinski definition) is 3. The summed E-state index contributed by atoms with van der Waals surface area (Å²) < 4.78 is 0. The molecule has 1 fully saturated rings. The van der Waals surface area contributed by atoms with E-state index < -0.39 is 0 Å². The van der Waals surface area contributed by atoms with E-state index in [4.69, 9.17) is 4.98 Å². The van der Waals surface area contributed by atoms with Gasteiger partial charge in [0, 0.05) is 40.8 Å². The van der Waals surface area contributed by atoms with Crippen LogP contribution in [0, 0.1) is 6.92 Å². The fourth-order valence-corrected chi connectivity index (χ4v) is 5.06. The molecule has 3 heterocycles. The van der Waals surface area contributed by atoms with Gasteiger partial charge in [0.25, 0.3) is 5.91 Å². The minimum atomic E-state index is 0.0189. The number of allylic oxidation sites excluding steroid dienone is 5. The number of rotatable bonds is 5. The molecule has 0 saturated heterocycles. The zero-order valence-electron chi connectivity index (χ0n) is 19.8. The van der Waals surface area contributed by atoms with Crippen molar-refractivity contribution in [2.24, 2.45) is 0 Å². The van der Waals surface area contributed by atoms with Crippen LogP contribution in [0.4, 0.5) is 0 Å². The van der Waals surface area contributed by atoms with Crippen molar-refractivity contribution in [1.82, 2.24) is 15.2 Å². The largest absolute Gasteiger partial charge is 0.348 e. The second-order valence-electron chi connectivity index (χ2n) is 9.23. The van der Waals surface area contributed by atoms with Gasteiger partial charge in [0.2, 0.25) is 0 Å². The van der Waals surface area contributed by atoms with E-state index >= 15 is 0 Å². The Morgan fingerprint density at radius 1 is 1.15 bits per heavy atom. The van der Waals surface area contributed by atoms with Crippen molar-refractivity contribution < 1.29 is 4.79 Å². The lowest BCUT2D eigenvalue weighted by molar-refractivity contribution is -0.119. The van der Waals surface area contributed by atoms with Crippen molar-refractivity contribution in [2.45, 2.75) is 51.5 Å². The van der Waals surface area contributed by atoms with Crippen molar-refractivity contribution >= 4 is 17.6 Å². The highest BCUT2D eigenvalue weighted by Crippen LogP contribution is 2.35. The first-order valence-electron chi connectivity index (χ1n) is 12.2. The standard InChI is InChI=1S/C30H31N3O/c1-3-22-14-15-23(19-21(22)2)29-27(12-8-18-31-29)24-16-17-26-11-7-13-28(33(26)20-24)30(34)32-25-9-5-4-6-10-25/h3,8,11-20,25H,1,4-7,9-10H2,2H3,(H,32,34). The summed E-state index contributed by atoms with van der Waals surface area (Å²) in [6.45, 7) is 5.99. The SMILES string of the molecule is C=Cc1ccc(-c2ncccc2C2=CN3C(=CCC=C3C(=O)NC3CCCCC3)C=C2)cc1C. The van der Waals surface area contributed by atoms with Crippen molar-refractivity contribution in [3.05, 3.63) is 102 Å². The van der Waals surface area contributed by atoms with E-state index in [1.54, 1.807) is 0 Å². The third kappa shape index (κ3) is 4.41. The first-order valence-corrected chi connectivity index (χ1v) is 12.2. The molecule has 2 aromatic rings. The van der Waals surface area contributed by atoms with Crippen LogP contribution in [0.3, 0.4) is 0 Å². The van der Waals surface area contributed by atoms with Crippen molar-refractivity contribution in [1.29, 1.82) is 0 Å². The van der Waals surface area contributed by atoms with Gasteiger partial charge in [0.1, 0.15) is 5.70 Å². The van der Waals surface area contributed by atoms with E-state index in [1.807, 2.05) is 29.3 Å². The van der Waals surface area contributed by atoms with E-state index in [1.165, 1.54) is 24.8 Å². The highest BCUT2D eigenvalue weighted by atomic mass is 16.2. The van der Waals surface area contributed by atoms with Crippen LogP contribution in [0.5, 0.6) is 0 Å². The van der Waals surface area contributed by atoms with Crippen LogP contribution in [0.25, 0.3) is 22.9 Å². The Hall–Kier alpha value is -3.66. The van der Waals surface area contributed by atoms with Crippen molar-refractivity contribution in [3.63, 3.8) is 0 Å². The lowest BCUT2D eigenvalue weighted by atomic mass is 9.94. The number of carbonyl (C=O) groups is 1. The monoisotopic (exact) mass is 449 g/mol. The van der Waals surface area contributed by atoms with Crippen LogP contribution >= 0.6 is 0 Å². The molecular formula is C30H31N3O. The number of amides is 1. The summed E-state index contributed by atoms with van der Waals surface area (Å²) in [6.07, 6.45) is 20.8. The lowest BCUT2D eigenvalue weighted by Gasteiger charge is -2.32. The molecule has 34 heavy (non-hydrogen) atoms. The number of hydrogen-bond donors (Lipinski definition) is 1. The quantitative estimate of drug-likeness (QED) is 0.564. The minimum absolute atomic E-state index is 0.0189. The number of aryl methyl sites for hydroxylation is 1. The fourth-order valence-electron chi connectivity index (χ4n) is 5.06. The predicted molar refractivity (Wildman–Crippen MR) is 139 cm³/mol. The predicted octanol–water partition coefficient (Wildman–Crippen LogP) is 6.53. The maximum Gasteiger partial charge on any atom is 0.268 e. The molecule has 1 aromatic carbocycles. The molecule has 0 spiro atoms. The summed E-state index contributed by atoms with van der Waals surface area (Å²) >= 11 is 0. The van der Waals surface area contributed by atoms with Gasteiger partial charge in [-0.15, -0.1) is 0 Å². The topological polar surface area (TPSA) is 45.2 Å². The molecule has 5 rings (SSSR count). The van der Waals surface area contributed by atoms with E-state index in [2.05, 4.69) is 67.5 Å². The molecule has 4 heteroatoms. The van der Waals surface area contributed by atoms with Gasteiger partial charge in [-0.2, -0.15) is 0 Å². The van der Waals surface area contributed by atoms with Gasteiger partial charge in [0.15, 0.2) is 0 Å². The first kappa shape index (κ1) is 22.1. The highest BCUT2D eigenvalue weighted by molar-refractivity contribution is 5.95. The molecule has 1 aromatic heterocycles. The van der Waals surface area contributed by atoms with E-state index in [0.717, 1.165) is 52.9 Å². The first-order chi connectivity index (χ1) is 16.6. The summed E-state index contributed by atoms with van der Waals surface area (Å²) in [6, 6.07) is 10.7. The van der Waals surface area contributed by atoms with E-state index in [9.17, 15) is 4.79 Å². The van der Waals surface area contributed by atoms with Gasteiger partial charge in [-0.1, -0.05) is 68.3 Å². The number of aromatic nitrogens is 1. The summed E-state index contributed by atoms with van der Waals surface area (Å²) in [5.74, 6) is 0.0189. The summed E-state index contributed by atoms with van der Waals surface area (Å²) in [7, 11) is 0. The minimum Gasteiger partial charge on any atom is -0.348 e. The zero-order valence-corrected chi connectivity index (χ0v) is 19.8. The van der Waals surface area contributed by atoms with Crippen molar-refractivity contribution in [3.8, 4) is 11.3 Å². The van der Waals surface area contributed by atoms with E-state index in [-0.39, 0.29) is 11.9 Å². The van der Waals surface area contributed by atoms with Crippen LogP contribution in [0.1, 0.15) is 55.2 Å². The number of pyridine rings is 1. The highest BCUT2D eigenvalue weighted by Gasteiger charge is 2.26. The van der Waals surface area contributed by atoms with Gasteiger partial charge >= 0.3 is 0 Å². The molecule has 1 amide bonds. The summed E-state index contributed by atoms with van der Waals surface area (Å²) in [5, 5.41) is 3.28. The molecule has 1 saturated carbocycles. The normalized spacial score (nSPS) is 17.9. The second-order valence-corrected chi connectivity index (χ2v) is 9.23. The Bertz CT molecular complexity index is 1240. The van der Waals surface area contributed by atoms with Crippen LogP contribution in [-0.4, -0.2) is 21.8 Å². The van der Waals surface area contributed by atoms with Gasteiger partial charge < -0.3 is 10.2 Å². The molecular weight excluding hydrogens is 418 g/mol. The molecule has 172 valence electrons. The Labute approximate surface area is 202 Å². The Kier molecular flexibility index (Phi) is 6.31. The third-order valence-corrected chi connectivity index (χ3v) is 6.93. The van der Waals surface area contributed by atoms with Crippen molar-refractivity contribution in [2.75, 3.05) is 0 Å². The zero-order chi connectivity index (χ0) is 23.5. The number of fused-ring (bicyclic) bond motifs is 1. The van der Waals surface area contributed by atoms with Crippen LogP contribution in [-0.2, 0) is 4.79 Å². The third-order valence-electron chi connectivity index (χ3n) is 6.93. The summed E-state index contributed by atoms with van der Waals surface area (Å²) in [4.78, 5) is 20.0. The molecule has 0 unspecified atom stereocenters. The maximum atomic E-state index is 13.2. The molecule has 2 aliphatic heterocycles. The fraction of sp³-hybridized carbons (Fsp3) is 0.267. The lowest BCUT2D eigenvalue weighted by Crippen LogP contribution is -2.40. The van der Waals surface area contributed by atoms with Crippen LogP contribution in [0.2, 0.25) is 0 Å². The second kappa shape index (κ2) is 9.68. The van der Waals surface area contributed by atoms with Crippen LogP contribution < -0.4 is 5.32 Å². The number of nitrogens with one attached hydrogen (secondary N) is 1. The smallest absolute Gasteiger partial charge is 0.268 e. The average molecular weight is 450 g/mol. The van der Waals surface area contributed by atoms with Gasteiger partial charge in [-0.05, 0) is 55.5 Å².